The van der Waals surface area contributed by atoms with Crippen LogP contribution in [0.3, 0.4) is 0 Å². The van der Waals surface area contributed by atoms with Gasteiger partial charge in [-0.1, -0.05) is 12.2 Å². The molecule has 3 saturated heterocycles. The van der Waals surface area contributed by atoms with Crippen molar-refractivity contribution in [2.45, 2.75) is 76.1 Å². The lowest BCUT2D eigenvalue weighted by atomic mass is 9.94. The summed E-state index contributed by atoms with van der Waals surface area (Å²) >= 11 is 0. The zero-order valence-corrected chi connectivity index (χ0v) is 25.8. The number of aliphatic hydroxyl groups is 1. The van der Waals surface area contributed by atoms with Gasteiger partial charge in [0, 0.05) is 43.2 Å². The molecule has 3 aliphatic heterocycles. The molecular weight excluding hydrogens is 576 g/mol. The lowest BCUT2D eigenvalue weighted by molar-refractivity contribution is 0.0447. The summed E-state index contributed by atoms with van der Waals surface area (Å²) in [5.41, 5.74) is 2.35. The van der Waals surface area contributed by atoms with E-state index in [-0.39, 0.29) is 23.8 Å². The second-order valence-electron chi connectivity index (χ2n) is 13.9. The number of ether oxygens (including phenoxy) is 1. The van der Waals surface area contributed by atoms with E-state index in [4.69, 9.17) is 14.7 Å². The number of aromatic amines is 1. The number of nitrogens with one attached hydrogen (secondary N) is 1. The molecule has 45 heavy (non-hydrogen) atoms. The smallest absolute Gasteiger partial charge is 0.319 e. The van der Waals surface area contributed by atoms with Gasteiger partial charge in [-0.2, -0.15) is 15.1 Å². The summed E-state index contributed by atoms with van der Waals surface area (Å²) in [5.74, 6) is 0.464. The standard InChI is InChI=1S/C34H39F2N7O2/c1-20-13-26-24(16-38-41-26)27(23(20)8-7-21-5-6-21)30-28(36)29-25(15-37-30)31(42-11-3-9-33(2,44)18-42)40-32(39-29)45-19-34-10-4-12-43(34)17-22(35)14-34/h7-8,13,15-16,21-22,44H,3-6,9-12,14,17-19H2,1-2H3,(H,38,41)/b8-7-/t22-,33-,34+/m1/s1. The molecule has 0 unspecified atom stereocenters. The van der Waals surface area contributed by atoms with Crippen molar-refractivity contribution in [1.29, 1.82) is 0 Å². The molecule has 4 fully saturated rings. The molecular formula is C34H39F2N7O2. The zero-order valence-electron chi connectivity index (χ0n) is 25.8. The Morgan fingerprint density at radius 3 is 2.82 bits per heavy atom. The highest BCUT2D eigenvalue weighted by molar-refractivity contribution is 6.01. The number of anilines is 1. The maximum atomic E-state index is 17.0. The largest absolute Gasteiger partial charge is 0.461 e. The van der Waals surface area contributed by atoms with E-state index in [1.165, 1.54) is 0 Å². The Balaban J connectivity index is 1.27. The van der Waals surface area contributed by atoms with Gasteiger partial charge >= 0.3 is 6.01 Å². The predicted molar refractivity (Wildman–Crippen MR) is 169 cm³/mol. The first-order valence-corrected chi connectivity index (χ1v) is 16.2. The normalized spacial score (nSPS) is 27.3. The number of rotatable bonds is 7. The highest BCUT2D eigenvalue weighted by Gasteiger charge is 2.49. The van der Waals surface area contributed by atoms with Crippen LogP contribution in [-0.2, 0) is 0 Å². The van der Waals surface area contributed by atoms with Crippen molar-refractivity contribution in [3.8, 4) is 17.3 Å². The number of hydrogen-bond donors (Lipinski definition) is 2. The average Bonchev–Trinajstić information content (AvgIpc) is 3.44. The van der Waals surface area contributed by atoms with Gasteiger partial charge in [0.25, 0.3) is 0 Å². The Morgan fingerprint density at radius 2 is 2.00 bits per heavy atom. The van der Waals surface area contributed by atoms with Crippen molar-refractivity contribution in [1.82, 2.24) is 30.0 Å². The molecule has 8 rings (SSSR count). The summed E-state index contributed by atoms with van der Waals surface area (Å²) in [6, 6.07) is 2.08. The highest BCUT2D eigenvalue weighted by Crippen LogP contribution is 2.42. The summed E-state index contributed by atoms with van der Waals surface area (Å²) in [7, 11) is 0. The van der Waals surface area contributed by atoms with Crippen LogP contribution in [0.5, 0.6) is 6.01 Å². The molecule has 0 radical (unpaired) electrons. The third kappa shape index (κ3) is 5.13. The molecule has 1 aliphatic carbocycles. The first-order valence-electron chi connectivity index (χ1n) is 16.2. The van der Waals surface area contributed by atoms with Gasteiger partial charge in [0.05, 0.1) is 28.2 Å². The van der Waals surface area contributed by atoms with Crippen molar-refractivity contribution >= 4 is 33.7 Å². The molecule has 236 valence electrons. The van der Waals surface area contributed by atoms with Crippen LogP contribution < -0.4 is 9.64 Å². The minimum Gasteiger partial charge on any atom is -0.461 e. The van der Waals surface area contributed by atoms with Crippen LogP contribution in [0.2, 0.25) is 0 Å². The summed E-state index contributed by atoms with van der Waals surface area (Å²) < 4.78 is 37.8. The zero-order chi connectivity index (χ0) is 30.9. The third-order valence-corrected chi connectivity index (χ3v) is 10.2. The number of aryl methyl sites for hydroxylation is 1. The van der Waals surface area contributed by atoms with E-state index in [0.717, 1.165) is 60.7 Å². The molecule has 2 N–H and O–H groups in total. The molecule has 1 aromatic carbocycles. The minimum absolute atomic E-state index is 0.0499. The second kappa shape index (κ2) is 10.7. The quantitative estimate of drug-likeness (QED) is 0.271. The van der Waals surface area contributed by atoms with Crippen LogP contribution in [0, 0.1) is 18.7 Å². The first-order chi connectivity index (χ1) is 21.7. The molecule has 3 aromatic heterocycles. The Morgan fingerprint density at radius 1 is 1.16 bits per heavy atom. The summed E-state index contributed by atoms with van der Waals surface area (Å²) in [5, 5.41) is 19.5. The topological polar surface area (TPSA) is 103 Å². The third-order valence-electron chi connectivity index (χ3n) is 10.2. The van der Waals surface area contributed by atoms with Crippen molar-refractivity contribution in [2.24, 2.45) is 5.92 Å². The Hall–Kier alpha value is -3.70. The van der Waals surface area contributed by atoms with Gasteiger partial charge in [0.15, 0.2) is 5.82 Å². The lowest BCUT2D eigenvalue weighted by Gasteiger charge is -2.38. The van der Waals surface area contributed by atoms with Gasteiger partial charge in [0.2, 0.25) is 0 Å². The Labute approximate surface area is 260 Å². The van der Waals surface area contributed by atoms with Crippen LogP contribution >= 0.6 is 0 Å². The van der Waals surface area contributed by atoms with Crippen LogP contribution in [-0.4, -0.2) is 85.3 Å². The van der Waals surface area contributed by atoms with Gasteiger partial charge in [0.1, 0.15) is 29.8 Å². The van der Waals surface area contributed by atoms with Crippen LogP contribution in [0.25, 0.3) is 39.1 Å². The molecule has 1 saturated carbocycles. The van der Waals surface area contributed by atoms with Crippen molar-refractivity contribution in [2.75, 3.05) is 37.7 Å². The maximum Gasteiger partial charge on any atom is 0.319 e. The molecule has 9 nitrogen and oxygen atoms in total. The SMILES string of the molecule is Cc1cc2[nH]ncc2c(-c2ncc3c(N4CCC[C@@](C)(O)C4)nc(OC[C@@]45CCCN4C[C@H](F)C5)nc3c2F)c1/C=C\C1CC1. The Bertz CT molecular complexity index is 1820. The van der Waals surface area contributed by atoms with Crippen LogP contribution in [0.15, 0.2) is 24.5 Å². The molecule has 4 aromatic rings. The Kier molecular flexibility index (Phi) is 6.83. The van der Waals surface area contributed by atoms with Crippen LogP contribution in [0.1, 0.15) is 63.0 Å². The maximum absolute atomic E-state index is 17.0. The second-order valence-corrected chi connectivity index (χ2v) is 13.9. The fraction of sp³-hybridized carbons (Fsp3) is 0.529. The average molecular weight is 616 g/mol. The number of allylic oxidation sites excluding steroid dienone is 1. The highest BCUT2D eigenvalue weighted by atomic mass is 19.1. The number of halogens is 2. The summed E-state index contributed by atoms with van der Waals surface area (Å²) in [4.78, 5) is 18.3. The molecule has 0 amide bonds. The van der Waals surface area contributed by atoms with Gasteiger partial charge in [-0.3, -0.25) is 15.0 Å². The summed E-state index contributed by atoms with van der Waals surface area (Å²) in [6.45, 7) is 6.30. The molecule has 11 heteroatoms. The number of nitrogens with zero attached hydrogens (tertiary/aromatic N) is 6. The van der Waals surface area contributed by atoms with Gasteiger partial charge in [-0.25, -0.2) is 8.78 Å². The van der Waals surface area contributed by atoms with Crippen molar-refractivity contribution in [3.05, 3.63) is 41.5 Å². The number of hydrogen-bond acceptors (Lipinski definition) is 8. The summed E-state index contributed by atoms with van der Waals surface area (Å²) in [6.07, 6.45) is 12.8. The van der Waals surface area contributed by atoms with Gasteiger partial charge < -0.3 is 14.7 Å². The molecule has 6 heterocycles. The van der Waals surface area contributed by atoms with Crippen molar-refractivity contribution < 1.29 is 18.6 Å². The van der Waals surface area contributed by atoms with E-state index in [0.29, 0.717) is 55.2 Å². The minimum atomic E-state index is -0.914. The first kappa shape index (κ1) is 28.8. The monoisotopic (exact) mass is 615 g/mol. The molecule has 3 atom stereocenters. The number of β-amino-alcohol motifs (C(OH)–C–C–N with tert-alkyl or cyclic N) is 1. The number of pyridine rings is 1. The van der Waals surface area contributed by atoms with E-state index in [9.17, 15) is 9.50 Å². The van der Waals surface area contributed by atoms with E-state index in [2.05, 4.69) is 32.2 Å². The number of alkyl halides is 1. The van der Waals surface area contributed by atoms with E-state index in [1.54, 1.807) is 12.4 Å². The number of benzene rings is 1. The lowest BCUT2D eigenvalue weighted by Crippen LogP contribution is -2.46. The van der Waals surface area contributed by atoms with E-state index < -0.39 is 23.1 Å². The van der Waals surface area contributed by atoms with Gasteiger partial charge in [-0.05, 0) is 82.0 Å². The predicted octanol–water partition coefficient (Wildman–Crippen LogP) is 5.75. The fourth-order valence-electron chi connectivity index (χ4n) is 7.78. The fourth-order valence-corrected chi connectivity index (χ4v) is 7.78. The van der Waals surface area contributed by atoms with Crippen LogP contribution in [0.4, 0.5) is 14.6 Å². The van der Waals surface area contributed by atoms with E-state index >= 15 is 4.39 Å². The molecule has 0 spiro atoms. The number of piperidine rings is 1. The number of aromatic nitrogens is 5. The van der Waals surface area contributed by atoms with E-state index in [1.807, 2.05) is 24.8 Å². The van der Waals surface area contributed by atoms with Crippen molar-refractivity contribution in [3.63, 3.8) is 0 Å². The molecule has 0 bridgehead atoms. The number of fused-ring (bicyclic) bond motifs is 3. The number of H-pyrrole nitrogens is 1. The van der Waals surface area contributed by atoms with Gasteiger partial charge in [-0.15, -0.1) is 0 Å². The molecule has 4 aliphatic rings.